The first-order chi connectivity index (χ1) is 7.47. The van der Waals surface area contributed by atoms with Gasteiger partial charge in [0.2, 0.25) is 0 Å². The molecule has 2 rings (SSSR count). The van der Waals surface area contributed by atoms with Gasteiger partial charge in [-0.2, -0.15) is 4.98 Å². The van der Waals surface area contributed by atoms with Crippen molar-refractivity contribution in [1.82, 2.24) is 8.96 Å². The maximum Gasteiger partial charge on any atom is 0.280 e. The van der Waals surface area contributed by atoms with E-state index in [9.17, 15) is 4.79 Å². The summed E-state index contributed by atoms with van der Waals surface area (Å²) in [5, 5.41) is 0.668. The Bertz CT molecular complexity index is 569. The van der Waals surface area contributed by atoms with Crippen molar-refractivity contribution in [2.75, 3.05) is 0 Å². The molecule has 0 saturated heterocycles. The second-order valence-electron chi connectivity index (χ2n) is 4.60. The molecular weight excluding hydrogens is 220 g/mol. The Morgan fingerprint density at radius 1 is 1.25 bits per heavy atom. The average molecular weight is 234 g/mol. The van der Waals surface area contributed by atoms with E-state index in [-0.39, 0.29) is 10.3 Å². The molecule has 0 aliphatic rings. The Kier molecular flexibility index (Phi) is 2.76. The summed E-state index contributed by atoms with van der Waals surface area (Å²) >= 11 is 1.65. The molecule has 0 bridgehead atoms. The molecule has 84 valence electrons. The zero-order valence-electron chi connectivity index (χ0n) is 9.60. The van der Waals surface area contributed by atoms with Crippen molar-refractivity contribution in [2.24, 2.45) is 0 Å². The molecule has 3 nitrogen and oxygen atoms in total. The predicted octanol–water partition coefficient (Wildman–Crippen LogP) is 2.69. The van der Waals surface area contributed by atoms with E-state index in [0.717, 1.165) is 5.52 Å². The smallest absolute Gasteiger partial charge is 0.273 e. The molecule has 0 saturated carbocycles. The van der Waals surface area contributed by atoms with Crippen LogP contribution in [0.1, 0.15) is 20.8 Å². The van der Waals surface area contributed by atoms with Gasteiger partial charge in [-0.25, -0.2) is 0 Å². The van der Waals surface area contributed by atoms with Gasteiger partial charge in [0.15, 0.2) is 0 Å². The number of hydrogen-bond acceptors (Lipinski definition) is 3. The molecule has 0 unspecified atom stereocenters. The van der Waals surface area contributed by atoms with E-state index in [0.29, 0.717) is 5.39 Å². The van der Waals surface area contributed by atoms with Crippen LogP contribution in [0.3, 0.4) is 0 Å². The van der Waals surface area contributed by atoms with Crippen LogP contribution in [-0.4, -0.2) is 13.7 Å². The van der Waals surface area contributed by atoms with Crippen LogP contribution in [0, 0.1) is 0 Å². The Morgan fingerprint density at radius 3 is 2.62 bits per heavy atom. The average Bonchev–Trinajstić information content (AvgIpc) is 2.21. The third kappa shape index (κ3) is 2.27. The number of benzene rings is 1. The van der Waals surface area contributed by atoms with Crippen LogP contribution < -0.4 is 5.56 Å². The van der Waals surface area contributed by atoms with E-state index in [1.165, 1.54) is 0 Å². The third-order valence-electron chi connectivity index (χ3n) is 2.02. The minimum absolute atomic E-state index is 0.0829. The summed E-state index contributed by atoms with van der Waals surface area (Å²) in [7, 11) is 0. The fraction of sp³-hybridized carbons (Fsp3) is 0.333. The first-order valence-corrected chi connectivity index (χ1v) is 5.91. The monoisotopic (exact) mass is 234 g/mol. The Hall–Kier alpha value is -1.29. The van der Waals surface area contributed by atoms with Crippen LogP contribution in [-0.2, 0) is 0 Å². The van der Waals surface area contributed by atoms with E-state index in [2.05, 4.69) is 25.8 Å². The fourth-order valence-electron chi connectivity index (χ4n) is 1.45. The highest BCUT2D eigenvalue weighted by atomic mass is 32.2. The van der Waals surface area contributed by atoms with E-state index >= 15 is 0 Å². The number of aromatic nitrogens is 2. The van der Waals surface area contributed by atoms with Gasteiger partial charge in [-0.3, -0.25) is 8.77 Å². The van der Waals surface area contributed by atoms with E-state index in [4.69, 9.17) is 0 Å². The fourth-order valence-corrected chi connectivity index (χ4v) is 2.39. The second-order valence-corrected chi connectivity index (χ2v) is 6.40. The van der Waals surface area contributed by atoms with Crippen molar-refractivity contribution in [3.63, 3.8) is 0 Å². The zero-order chi connectivity index (χ0) is 11.8. The van der Waals surface area contributed by atoms with Gasteiger partial charge in [0.05, 0.1) is 10.9 Å². The van der Waals surface area contributed by atoms with Gasteiger partial charge in [0, 0.05) is 4.75 Å². The van der Waals surface area contributed by atoms with Gasteiger partial charge >= 0.3 is 0 Å². The van der Waals surface area contributed by atoms with Crippen LogP contribution in [0.25, 0.3) is 10.9 Å². The van der Waals surface area contributed by atoms with Crippen LogP contribution in [0.15, 0.2) is 35.4 Å². The summed E-state index contributed by atoms with van der Waals surface area (Å²) in [5.41, 5.74) is 0.754. The minimum atomic E-state index is -0.165. The molecule has 0 spiro atoms. The van der Waals surface area contributed by atoms with Gasteiger partial charge in [-0.15, -0.1) is 0 Å². The molecule has 0 radical (unpaired) electrons. The van der Waals surface area contributed by atoms with E-state index < -0.39 is 0 Å². The molecule has 0 aliphatic heterocycles. The van der Waals surface area contributed by atoms with Crippen molar-refractivity contribution in [1.29, 1.82) is 0 Å². The number of nitrogens with zero attached hydrogens (tertiary/aromatic N) is 2. The number of para-hydroxylation sites is 1. The Morgan fingerprint density at radius 2 is 1.94 bits per heavy atom. The highest BCUT2D eigenvalue weighted by molar-refractivity contribution is 7.99. The first kappa shape index (κ1) is 11.2. The highest BCUT2D eigenvalue weighted by Crippen LogP contribution is 2.27. The maximum absolute atomic E-state index is 11.6. The topological polar surface area (TPSA) is 34.9 Å². The zero-order valence-corrected chi connectivity index (χ0v) is 10.4. The van der Waals surface area contributed by atoms with Crippen molar-refractivity contribution in [2.45, 2.75) is 25.5 Å². The Labute approximate surface area is 98.6 Å². The summed E-state index contributed by atoms with van der Waals surface area (Å²) in [6, 6.07) is 7.54. The number of hydrogen-bond donors (Lipinski definition) is 0. The van der Waals surface area contributed by atoms with Crippen molar-refractivity contribution >= 4 is 22.9 Å². The van der Waals surface area contributed by atoms with Crippen LogP contribution in [0.4, 0.5) is 0 Å². The molecule has 1 aromatic carbocycles. The molecular formula is C12H14N2OS. The van der Waals surface area contributed by atoms with E-state index in [1.807, 2.05) is 28.2 Å². The summed E-state index contributed by atoms with van der Waals surface area (Å²) in [6.45, 7) is 6.39. The number of fused-ring (bicyclic) bond motifs is 1. The lowest BCUT2D eigenvalue weighted by Gasteiger charge is -2.19. The standard InChI is InChI=1S/C12H14N2OS/c1-12(2,3)16-14-8-13-11(15)9-6-4-5-7-10(9)14/h4-8H,1-3H3. The Balaban J connectivity index is 2.64. The van der Waals surface area contributed by atoms with Gasteiger partial charge < -0.3 is 0 Å². The highest BCUT2D eigenvalue weighted by Gasteiger charge is 2.14. The van der Waals surface area contributed by atoms with Gasteiger partial charge in [0.25, 0.3) is 5.56 Å². The van der Waals surface area contributed by atoms with Gasteiger partial charge in [-0.05, 0) is 44.9 Å². The van der Waals surface area contributed by atoms with Gasteiger partial charge in [-0.1, -0.05) is 12.1 Å². The molecule has 1 heterocycles. The molecule has 0 fully saturated rings. The maximum atomic E-state index is 11.6. The lowest BCUT2D eigenvalue weighted by Crippen LogP contribution is -2.15. The minimum Gasteiger partial charge on any atom is -0.273 e. The van der Waals surface area contributed by atoms with Crippen molar-refractivity contribution in [3.8, 4) is 0 Å². The summed E-state index contributed by atoms with van der Waals surface area (Å²) in [5.74, 6) is 0. The SMILES string of the molecule is CC(C)(C)Sn1cnc(=O)c2ccccc21. The van der Waals surface area contributed by atoms with Crippen LogP contribution in [0.5, 0.6) is 0 Å². The van der Waals surface area contributed by atoms with Gasteiger partial charge in [0.1, 0.15) is 6.33 Å². The summed E-state index contributed by atoms with van der Waals surface area (Å²) < 4.78 is 2.04. The molecule has 0 N–H and O–H groups in total. The lowest BCUT2D eigenvalue weighted by atomic mass is 10.2. The number of rotatable bonds is 1. The first-order valence-electron chi connectivity index (χ1n) is 5.13. The molecule has 1 aromatic heterocycles. The van der Waals surface area contributed by atoms with Crippen LogP contribution in [0.2, 0.25) is 0 Å². The molecule has 0 aliphatic carbocycles. The summed E-state index contributed by atoms with van der Waals surface area (Å²) in [4.78, 5) is 15.4. The molecule has 16 heavy (non-hydrogen) atoms. The van der Waals surface area contributed by atoms with Crippen molar-refractivity contribution in [3.05, 3.63) is 40.9 Å². The normalized spacial score (nSPS) is 11.9. The largest absolute Gasteiger partial charge is 0.280 e. The van der Waals surface area contributed by atoms with E-state index in [1.54, 1.807) is 18.3 Å². The second kappa shape index (κ2) is 3.94. The van der Waals surface area contributed by atoms with Crippen LogP contribution >= 0.6 is 11.9 Å². The quantitative estimate of drug-likeness (QED) is 0.761. The predicted molar refractivity (Wildman–Crippen MR) is 68.7 cm³/mol. The summed E-state index contributed by atoms with van der Waals surface area (Å²) in [6.07, 6.45) is 1.60. The van der Waals surface area contributed by atoms with Crippen molar-refractivity contribution < 1.29 is 0 Å². The molecule has 0 amide bonds. The molecule has 0 atom stereocenters. The lowest BCUT2D eigenvalue weighted by molar-refractivity contribution is 0.796. The molecule has 4 heteroatoms. The third-order valence-corrected chi connectivity index (χ3v) is 3.06. The molecule has 2 aromatic rings.